The van der Waals surface area contributed by atoms with E-state index in [1.165, 1.54) is 7.11 Å². The molecule has 0 bridgehead atoms. The molecule has 1 aromatic rings. The van der Waals surface area contributed by atoms with Crippen LogP contribution in [0.3, 0.4) is 0 Å². The van der Waals surface area contributed by atoms with Crippen molar-refractivity contribution in [2.75, 3.05) is 33.3 Å². The summed E-state index contributed by atoms with van der Waals surface area (Å²) in [5, 5.41) is 3.36. The Bertz CT molecular complexity index is 471. The summed E-state index contributed by atoms with van der Waals surface area (Å²) in [5.74, 6) is -0.192. The third-order valence-electron chi connectivity index (χ3n) is 3.68. The summed E-state index contributed by atoms with van der Waals surface area (Å²) >= 11 is 3.54. The van der Waals surface area contributed by atoms with Gasteiger partial charge in [-0.2, -0.15) is 0 Å². The van der Waals surface area contributed by atoms with Crippen LogP contribution < -0.4 is 5.32 Å². The fourth-order valence-corrected chi connectivity index (χ4v) is 2.91. The Labute approximate surface area is 128 Å². The molecule has 0 amide bonds. The van der Waals surface area contributed by atoms with Gasteiger partial charge < -0.3 is 10.1 Å². The second-order valence-corrected chi connectivity index (χ2v) is 5.93. The van der Waals surface area contributed by atoms with Gasteiger partial charge in [0.15, 0.2) is 0 Å². The van der Waals surface area contributed by atoms with Gasteiger partial charge in [0, 0.05) is 24.1 Å². The maximum atomic E-state index is 12.2. The number of nitrogens with one attached hydrogen (secondary N) is 1. The number of hydrogen-bond acceptors (Lipinski definition) is 4. The van der Waals surface area contributed by atoms with Crippen molar-refractivity contribution in [1.29, 1.82) is 0 Å². The number of nitrogens with zero attached hydrogens (tertiary/aromatic N) is 1. The van der Waals surface area contributed by atoms with Gasteiger partial charge in [-0.05, 0) is 37.1 Å². The molecule has 0 aliphatic carbocycles. The molecule has 1 heterocycles. The van der Waals surface area contributed by atoms with E-state index in [0.717, 1.165) is 48.2 Å². The maximum Gasteiger partial charge on any atom is 0.327 e. The first kappa shape index (κ1) is 15.5. The van der Waals surface area contributed by atoms with Crippen LogP contribution in [0, 0.1) is 6.92 Å². The Hall–Kier alpha value is -0.910. The van der Waals surface area contributed by atoms with E-state index in [2.05, 4.69) is 26.1 Å². The molecule has 1 atom stereocenters. The standard InChI is InChI=1S/C15H21BrN2O2/c1-11-4-5-12(10-13(11)16)14(15(19)20-2)18-8-3-6-17-7-9-18/h4-5,10,14,17H,3,6-9H2,1-2H3. The molecular formula is C15H21BrN2O2. The molecule has 0 radical (unpaired) electrons. The number of benzene rings is 1. The van der Waals surface area contributed by atoms with Crippen LogP contribution >= 0.6 is 15.9 Å². The van der Waals surface area contributed by atoms with Gasteiger partial charge in [0.05, 0.1) is 7.11 Å². The molecule has 0 spiro atoms. The highest BCUT2D eigenvalue weighted by Gasteiger charge is 2.29. The van der Waals surface area contributed by atoms with Gasteiger partial charge in [0.2, 0.25) is 0 Å². The Morgan fingerprint density at radius 2 is 2.20 bits per heavy atom. The molecule has 1 unspecified atom stereocenters. The lowest BCUT2D eigenvalue weighted by molar-refractivity contribution is -0.147. The molecule has 1 N–H and O–H groups in total. The molecule has 110 valence electrons. The number of rotatable bonds is 3. The van der Waals surface area contributed by atoms with Crippen LogP contribution in [0.1, 0.15) is 23.6 Å². The highest BCUT2D eigenvalue weighted by atomic mass is 79.9. The quantitative estimate of drug-likeness (QED) is 0.857. The monoisotopic (exact) mass is 340 g/mol. The lowest BCUT2D eigenvalue weighted by atomic mass is 10.0. The predicted molar refractivity (Wildman–Crippen MR) is 82.7 cm³/mol. The van der Waals surface area contributed by atoms with Crippen molar-refractivity contribution >= 4 is 21.9 Å². The summed E-state index contributed by atoms with van der Waals surface area (Å²) in [6, 6.07) is 5.75. The number of halogens is 1. The minimum atomic E-state index is -0.322. The Kier molecular flexibility index (Phi) is 5.57. The van der Waals surface area contributed by atoms with Gasteiger partial charge in [-0.1, -0.05) is 28.1 Å². The molecule has 1 aliphatic heterocycles. The summed E-state index contributed by atoms with van der Waals surface area (Å²) in [4.78, 5) is 14.4. The molecule has 1 aromatic carbocycles. The normalized spacial score (nSPS) is 18.4. The molecule has 0 aromatic heterocycles. The number of esters is 1. The van der Waals surface area contributed by atoms with E-state index in [9.17, 15) is 4.79 Å². The molecule has 20 heavy (non-hydrogen) atoms. The Morgan fingerprint density at radius 1 is 1.40 bits per heavy atom. The molecule has 1 aliphatic rings. The Balaban J connectivity index is 2.30. The largest absolute Gasteiger partial charge is 0.468 e. The minimum absolute atomic E-state index is 0.192. The van der Waals surface area contributed by atoms with Crippen LogP contribution in [0.25, 0.3) is 0 Å². The summed E-state index contributed by atoms with van der Waals surface area (Å²) in [7, 11) is 1.45. The number of carbonyl (C=O) groups is 1. The van der Waals surface area contributed by atoms with Crippen LogP contribution in [0.5, 0.6) is 0 Å². The zero-order valence-corrected chi connectivity index (χ0v) is 13.6. The molecular weight excluding hydrogens is 320 g/mol. The lowest BCUT2D eigenvalue weighted by Crippen LogP contribution is -2.37. The number of aryl methyl sites for hydroxylation is 1. The molecule has 0 saturated carbocycles. The van der Waals surface area contributed by atoms with Gasteiger partial charge in [0.1, 0.15) is 6.04 Å². The summed E-state index contributed by atoms with van der Waals surface area (Å²) < 4.78 is 6.04. The number of carbonyl (C=O) groups excluding carboxylic acids is 1. The summed E-state index contributed by atoms with van der Waals surface area (Å²) in [6.45, 7) is 5.70. The lowest BCUT2D eigenvalue weighted by Gasteiger charge is -2.28. The fourth-order valence-electron chi connectivity index (χ4n) is 2.51. The van der Waals surface area contributed by atoms with Crippen LogP contribution in [-0.4, -0.2) is 44.2 Å². The molecule has 1 fully saturated rings. The van der Waals surface area contributed by atoms with E-state index in [0.29, 0.717) is 0 Å². The number of methoxy groups -OCH3 is 1. The molecule has 1 saturated heterocycles. The van der Waals surface area contributed by atoms with Gasteiger partial charge in [-0.3, -0.25) is 4.90 Å². The SMILES string of the molecule is COC(=O)C(c1ccc(C)c(Br)c1)N1CCCNCC1. The molecule has 4 nitrogen and oxygen atoms in total. The van der Waals surface area contributed by atoms with Crippen molar-refractivity contribution in [2.45, 2.75) is 19.4 Å². The second-order valence-electron chi connectivity index (χ2n) is 5.07. The first-order chi connectivity index (χ1) is 9.63. The molecule has 2 rings (SSSR count). The van der Waals surface area contributed by atoms with Crippen molar-refractivity contribution in [1.82, 2.24) is 10.2 Å². The number of ether oxygens (including phenoxy) is 1. The third-order valence-corrected chi connectivity index (χ3v) is 4.53. The van der Waals surface area contributed by atoms with Gasteiger partial charge in [-0.15, -0.1) is 0 Å². The van der Waals surface area contributed by atoms with Crippen molar-refractivity contribution < 1.29 is 9.53 Å². The molecule has 5 heteroatoms. The van der Waals surface area contributed by atoms with E-state index < -0.39 is 0 Å². The number of hydrogen-bond donors (Lipinski definition) is 1. The summed E-state index contributed by atoms with van der Waals surface area (Å²) in [5.41, 5.74) is 2.14. The van der Waals surface area contributed by atoms with Gasteiger partial charge in [-0.25, -0.2) is 4.79 Å². The minimum Gasteiger partial charge on any atom is -0.468 e. The fraction of sp³-hybridized carbons (Fsp3) is 0.533. The average Bonchev–Trinajstić information content (AvgIpc) is 2.72. The first-order valence-corrected chi connectivity index (χ1v) is 7.71. The smallest absolute Gasteiger partial charge is 0.327 e. The predicted octanol–water partition coefficient (Wildman–Crippen LogP) is 2.27. The maximum absolute atomic E-state index is 12.2. The highest BCUT2D eigenvalue weighted by Crippen LogP contribution is 2.27. The van der Waals surface area contributed by atoms with E-state index in [1.807, 2.05) is 25.1 Å². The van der Waals surface area contributed by atoms with Crippen LogP contribution in [0.15, 0.2) is 22.7 Å². The van der Waals surface area contributed by atoms with Crippen molar-refractivity contribution in [2.24, 2.45) is 0 Å². The van der Waals surface area contributed by atoms with E-state index >= 15 is 0 Å². The third kappa shape index (κ3) is 3.59. The van der Waals surface area contributed by atoms with Crippen molar-refractivity contribution in [3.05, 3.63) is 33.8 Å². The highest BCUT2D eigenvalue weighted by molar-refractivity contribution is 9.10. The van der Waals surface area contributed by atoms with Crippen LogP contribution in [0.2, 0.25) is 0 Å². The van der Waals surface area contributed by atoms with Crippen molar-refractivity contribution in [3.63, 3.8) is 0 Å². The van der Waals surface area contributed by atoms with Gasteiger partial charge >= 0.3 is 5.97 Å². The first-order valence-electron chi connectivity index (χ1n) is 6.92. The second kappa shape index (κ2) is 7.20. The topological polar surface area (TPSA) is 41.6 Å². The van der Waals surface area contributed by atoms with Crippen LogP contribution in [-0.2, 0) is 9.53 Å². The Morgan fingerprint density at radius 3 is 2.90 bits per heavy atom. The van der Waals surface area contributed by atoms with E-state index in [4.69, 9.17) is 4.74 Å². The van der Waals surface area contributed by atoms with Gasteiger partial charge in [0.25, 0.3) is 0 Å². The average molecular weight is 341 g/mol. The zero-order chi connectivity index (χ0) is 14.5. The zero-order valence-electron chi connectivity index (χ0n) is 12.0. The summed E-state index contributed by atoms with van der Waals surface area (Å²) in [6.07, 6.45) is 1.04. The van der Waals surface area contributed by atoms with E-state index in [-0.39, 0.29) is 12.0 Å². The van der Waals surface area contributed by atoms with Crippen molar-refractivity contribution in [3.8, 4) is 0 Å². The van der Waals surface area contributed by atoms with E-state index in [1.54, 1.807) is 0 Å². The van der Waals surface area contributed by atoms with Crippen LogP contribution in [0.4, 0.5) is 0 Å².